The van der Waals surface area contributed by atoms with Crippen molar-refractivity contribution >= 4 is 17.2 Å². The third kappa shape index (κ3) is 3.89. The minimum atomic E-state index is -0.789. The van der Waals surface area contributed by atoms with Gasteiger partial charge < -0.3 is 15.2 Å². The first-order valence-electron chi connectivity index (χ1n) is 7.75. The largest absolute Gasteiger partial charge is 0.479 e. The molecule has 0 radical (unpaired) electrons. The molecule has 0 spiro atoms. The molecule has 0 unspecified atom stereocenters. The fraction of sp³-hybridized carbons (Fsp3) is 0.222. The van der Waals surface area contributed by atoms with Crippen LogP contribution < -0.4 is 10.1 Å². The fourth-order valence-electron chi connectivity index (χ4n) is 2.50. The van der Waals surface area contributed by atoms with E-state index in [1.54, 1.807) is 24.6 Å². The minimum Gasteiger partial charge on any atom is -0.479 e. The van der Waals surface area contributed by atoms with Crippen LogP contribution in [-0.4, -0.2) is 34.4 Å². The molecule has 0 bridgehead atoms. The number of rotatable bonds is 6. The van der Waals surface area contributed by atoms with Gasteiger partial charge in [0.2, 0.25) is 5.88 Å². The van der Waals surface area contributed by atoms with E-state index in [2.05, 4.69) is 21.9 Å². The molecule has 2 N–H and O–H groups in total. The van der Waals surface area contributed by atoms with E-state index in [0.717, 1.165) is 16.7 Å². The molecular formula is C18H19N3O3S. The van der Waals surface area contributed by atoms with Gasteiger partial charge in [0, 0.05) is 19.8 Å². The highest BCUT2D eigenvalue weighted by Gasteiger charge is 2.17. The summed E-state index contributed by atoms with van der Waals surface area (Å²) in [5.74, 6) is -0.0755. The monoisotopic (exact) mass is 357 g/mol. The summed E-state index contributed by atoms with van der Waals surface area (Å²) < 4.78 is 6.58. The summed E-state index contributed by atoms with van der Waals surface area (Å²) in [5.41, 5.74) is 3.34. The third-order valence-corrected chi connectivity index (χ3v) is 4.52. The molecule has 0 aliphatic carbocycles. The van der Waals surface area contributed by atoms with Gasteiger partial charge in [0.05, 0.1) is 13.2 Å². The van der Waals surface area contributed by atoms with Crippen LogP contribution in [0.1, 0.15) is 22.0 Å². The molecule has 3 aromatic rings. The smallest absolute Gasteiger partial charge is 0.258 e. The van der Waals surface area contributed by atoms with Crippen LogP contribution >= 0.6 is 11.3 Å². The minimum absolute atomic E-state index is 0.106. The molecule has 0 aliphatic rings. The summed E-state index contributed by atoms with van der Waals surface area (Å²) in [6.07, 6.45) is 0.791. The van der Waals surface area contributed by atoms with E-state index >= 15 is 0 Å². The zero-order valence-corrected chi connectivity index (χ0v) is 14.8. The number of thiophene rings is 1. The molecule has 0 saturated heterocycles. The van der Waals surface area contributed by atoms with E-state index in [0.29, 0.717) is 5.56 Å². The number of hydrogen-bond acceptors (Lipinski definition) is 5. The Hall–Kier alpha value is -2.64. The van der Waals surface area contributed by atoms with Crippen LogP contribution in [0.15, 0.2) is 47.3 Å². The number of hydrogen-bond donors (Lipinski definition) is 2. The number of aliphatic hydroxyl groups excluding tert-OH is 1. The number of aryl methyl sites for hydroxylation is 1. The highest BCUT2D eigenvalue weighted by molar-refractivity contribution is 7.08. The molecule has 6 nitrogen and oxygen atoms in total. The van der Waals surface area contributed by atoms with Gasteiger partial charge in [-0.15, -0.1) is 5.10 Å². The van der Waals surface area contributed by atoms with Crippen molar-refractivity contribution in [2.24, 2.45) is 7.05 Å². The molecule has 1 atom stereocenters. The Labute approximate surface area is 149 Å². The maximum absolute atomic E-state index is 12.2. The van der Waals surface area contributed by atoms with Gasteiger partial charge in [-0.3, -0.25) is 9.48 Å². The Bertz CT molecular complexity index is 841. The number of methoxy groups -OCH3 is 1. The average Bonchev–Trinajstić information content (AvgIpc) is 3.29. The molecule has 2 aromatic heterocycles. The van der Waals surface area contributed by atoms with Crippen LogP contribution in [0.4, 0.5) is 0 Å². The summed E-state index contributed by atoms with van der Waals surface area (Å²) in [7, 11) is 3.17. The fourth-order valence-corrected chi connectivity index (χ4v) is 3.17. The third-order valence-electron chi connectivity index (χ3n) is 3.84. The number of amides is 1. The SMILES string of the molecule is COc1nn(C)cc1C(=O)NC[C@H](O)c1ccc(-c2ccsc2)cc1. The average molecular weight is 357 g/mol. The topological polar surface area (TPSA) is 76.4 Å². The van der Waals surface area contributed by atoms with Gasteiger partial charge in [-0.25, -0.2) is 0 Å². The number of ether oxygens (including phenoxy) is 1. The molecule has 1 aromatic carbocycles. The Kier molecular flexibility index (Phi) is 5.16. The summed E-state index contributed by atoms with van der Waals surface area (Å²) >= 11 is 1.64. The van der Waals surface area contributed by atoms with Gasteiger partial charge in [-0.05, 0) is 33.5 Å². The van der Waals surface area contributed by atoms with Crippen molar-refractivity contribution in [3.8, 4) is 17.0 Å². The van der Waals surface area contributed by atoms with Crippen molar-refractivity contribution in [2.45, 2.75) is 6.10 Å². The van der Waals surface area contributed by atoms with E-state index in [1.165, 1.54) is 11.8 Å². The van der Waals surface area contributed by atoms with Gasteiger partial charge in [0.1, 0.15) is 5.56 Å². The van der Waals surface area contributed by atoms with Crippen LogP contribution in [0, 0.1) is 0 Å². The lowest BCUT2D eigenvalue weighted by Gasteiger charge is -2.12. The van der Waals surface area contributed by atoms with Crippen molar-refractivity contribution in [3.63, 3.8) is 0 Å². The first-order chi connectivity index (χ1) is 12.1. The van der Waals surface area contributed by atoms with Crippen LogP contribution in [0.5, 0.6) is 5.88 Å². The lowest BCUT2D eigenvalue weighted by Crippen LogP contribution is -2.28. The van der Waals surface area contributed by atoms with Gasteiger partial charge in [0.15, 0.2) is 0 Å². The number of nitrogens with zero attached hydrogens (tertiary/aromatic N) is 2. The molecule has 130 valence electrons. The first kappa shape index (κ1) is 17.2. The van der Waals surface area contributed by atoms with E-state index < -0.39 is 6.10 Å². The highest BCUT2D eigenvalue weighted by atomic mass is 32.1. The molecule has 25 heavy (non-hydrogen) atoms. The van der Waals surface area contributed by atoms with E-state index in [1.807, 2.05) is 29.6 Å². The summed E-state index contributed by atoms with van der Waals surface area (Å²) in [4.78, 5) is 12.2. The number of carbonyl (C=O) groups is 1. The van der Waals surface area contributed by atoms with Gasteiger partial charge >= 0.3 is 0 Å². The van der Waals surface area contributed by atoms with Crippen LogP contribution in [0.25, 0.3) is 11.1 Å². The zero-order valence-electron chi connectivity index (χ0n) is 14.0. The normalized spacial score (nSPS) is 12.0. The van der Waals surface area contributed by atoms with Crippen LogP contribution in [0.2, 0.25) is 0 Å². The number of aromatic nitrogens is 2. The number of aliphatic hydroxyl groups is 1. The van der Waals surface area contributed by atoms with E-state index in [4.69, 9.17) is 4.74 Å². The van der Waals surface area contributed by atoms with Gasteiger partial charge in [-0.2, -0.15) is 11.3 Å². The quantitative estimate of drug-likeness (QED) is 0.711. The molecule has 2 heterocycles. The first-order valence-corrected chi connectivity index (χ1v) is 8.69. The maximum atomic E-state index is 12.2. The Morgan fingerprint density at radius 3 is 2.72 bits per heavy atom. The maximum Gasteiger partial charge on any atom is 0.258 e. The number of nitrogens with one attached hydrogen (secondary N) is 1. The predicted octanol–water partition coefficient (Wildman–Crippen LogP) is 2.62. The Morgan fingerprint density at radius 1 is 1.32 bits per heavy atom. The second-order valence-electron chi connectivity index (χ2n) is 5.59. The standard InChI is InChI=1S/C18H19N3O3S/c1-21-10-15(18(20-21)24-2)17(23)19-9-16(22)13-5-3-12(4-6-13)14-7-8-25-11-14/h3-8,10-11,16,22H,9H2,1-2H3,(H,19,23)/t16-/m0/s1. The van der Waals surface area contributed by atoms with Crippen molar-refractivity contribution in [1.82, 2.24) is 15.1 Å². The summed E-state index contributed by atoms with van der Waals surface area (Å²) in [6.45, 7) is 0.106. The number of carbonyl (C=O) groups excluding carboxylic acids is 1. The van der Waals surface area contributed by atoms with Gasteiger partial charge in [-0.1, -0.05) is 24.3 Å². The summed E-state index contributed by atoms with van der Waals surface area (Å²) in [5, 5.41) is 21.2. The molecule has 7 heteroatoms. The lowest BCUT2D eigenvalue weighted by molar-refractivity contribution is 0.0913. The second-order valence-corrected chi connectivity index (χ2v) is 6.37. The highest BCUT2D eigenvalue weighted by Crippen LogP contribution is 2.24. The van der Waals surface area contributed by atoms with Crippen LogP contribution in [-0.2, 0) is 7.05 Å². The zero-order chi connectivity index (χ0) is 17.8. The predicted molar refractivity (Wildman–Crippen MR) is 96.8 cm³/mol. The Balaban J connectivity index is 1.62. The molecule has 3 rings (SSSR count). The molecular weight excluding hydrogens is 338 g/mol. The lowest BCUT2D eigenvalue weighted by atomic mass is 10.0. The molecule has 0 fully saturated rings. The van der Waals surface area contributed by atoms with Gasteiger partial charge in [0.25, 0.3) is 5.91 Å². The van der Waals surface area contributed by atoms with E-state index in [-0.39, 0.29) is 18.3 Å². The van der Waals surface area contributed by atoms with Crippen molar-refractivity contribution in [1.29, 1.82) is 0 Å². The molecule has 0 saturated carbocycles. The Morgan fingerprint density at radius 2 is 2.08 bits per heavy atom. The number of benzene rings is 1. The molecule has 1 amide bonds. The van der Waals surface area contributed by atoms with Crippen molar-refractivity contribution in [2.75, 3.05) is 13.7 Å². The molecule has 0 aliphatic heterocycles. The van der Waals surface area contributed by atoms with E-state index in [9.17, 15) is 9.90 Å². The van der Waals surface area contributed by atoms with Crippen LogP contribution in [0.3, 0.4) is 0 Å². The van der Waals surface area contributed by atoms with Crippen molar-refractivity contribution < 1.29 is 14.6 Å². The second kappa shape index (κ2) is 7.50. The summed E-state index contributed by atoms with van der Waals surface area (Å²) in [6, 6.07) is 9.72. The van der Waals surface area contributed by atoms with Crippen molar-refractivity contribution in [3.05, 3.63) is 58.4 Å².